The van der Waals surface area contributed by atoms with E-state index in [0.717, 1.165) is 12.1 Å². The Bertz CT molecular complexity index is 868. The number of halogens is 2. The minimum Gasteiger partial charge on any atom is -0.322 e. The zero-order valence-electron chi connectivity index (χ0n) is 13.8. The van der Waals surface area contributed by atoms with Crippen molar-refractivity contribution in [2.45, 2.75) is 13.8 Å². The van der Waals surface area contributed by atoms with Gasteiger partial charge in [-0.1, -0.05) is 0 Å². The van der Waals surface area contributed by atoms with E-state index in [1.54, 1.807) is 13.8 Å². The highest BCUT2D eigenvalue weighted by Crippen LogP contribution is 2.20. The summed E-state index contributed by atoms with van der Waals surface area (Å²) in [6, 6.07) is 9.04. The Morgan fingerprint density at radius 1 is 1.04 bits per heavy atom. The van der Waals surface area contributed by atoms with Gasteiger partial charge in [0.05, 0.1) is 11.4 Å². The maximum absolute atomic E-state index is 13.2. The number of carbonyl (C=O) groups excluding carboxylic acids is 1. The Morgan fingerprint density at radius 3 is 2.20 bits per heavy atom. The van der Waals surface area contributed by atoms with E-state index in [1.165, 1.54) is 34.6 Å². The van der Waals surface area contributed by atoms with Crippen LogP contribution in [0.1, 0.15) is 24.2 Å². The fourth-order valence-electron chi connectivity index (χ4n) is 2.25. The molecule has 0 spiro atoms. The molecule has 25 heavy (non-hydrogen) atoms. The highest BCUT2D eigenvalue weighted by atomic mass is 32.2. The van der Waals surface area contributed by atoms with E-state index < -0.39 is 27.6 Å². The van der Waals surface area contributed by atoms with Gasteiger partial charge in [0.25, 0.3) is 5.91 Å². The number of anilines is 2. The predicted molar refractivity (Wildman–Crippen MR) is 93.2 cm³/mol. The van der Waals surface area contributed by atoms with Crippen LogP contribution in [0.3, 0.4) is 0 Å². The second-order valence-corrected chi connectivity index (χ2v) is 7.38. The summed E-state index contributed by atoms with van der Waals surface area (Å²) in [5.41, 5.74) is 0.837. The number of sulfonamides is 1. The molecule has 1 amide bonds. The fraction of sp³-hybridized carbons (Fsp3) is 0.235. The van der Waals surface area contributed by atoms with Crippen molar-refractivity contribution < 1.29 is 22.0 Å². The van der Waals surface area contributed by atoms with Crippen LogP contribution >= 0.6 is 0 Å². The molecule has 0 heterocycles. The van der Waals surface area contributed by atoms with Gasteiger partial charge in [0, 0.05) is 23.9 Å². The third kappa shape index (κ3) is 4.33. The van der Waals surface area contributed by atoms with Gasteiger partial charge in [-0.15, -0.1) is 0 Å². The molecule has 0 fully saturated rings. The van der Waals surface area contributed by atoms with Crippen molar-refractivity contribution in [1.82, 2.24) is 0 Å². The van der Waals surface area contributed by atoms with Crippen LogP contribution in [0.25, 0.3) is 0 Å². The summed E-state index contributed by atoms with van der Waals surface area (Å²) in [6.07, 6.45) is 0. The van der Waals surface area contributed by atoms with Crippen LogP contribution in [0.5, 0.6) is 0 Å². The van der Waals surface area contributed by atoms with Crippen molar-refractivity contribution in [3.63, 3.8) is 0 Å². The van der Waals surface area contributed by atoms with Crippen LogP contribution in [0.4, 0.5) is 20.2 Å². The van der Waals surface area contributed by atoms with Gasteiger partial charge in [0.2, 0.25) is 10.0 Å². The number of carbonyl (C=O) groups is 1. The lowest BCUT2D eigenvalue weighted by molar-refractivity contribution is 0.102. The summed E-state index contributed by atoms with van der Waals surface area (Å²) < 4.78 is 51.4. The first kappa shape index (κ1) is 18.9. The lowest BCUT2D eigenvalue weighted by atomic mass is 10.2. The SMILES string of the molecule is CCN(c1ccc(C(=O)Nc2ccc(F)c(F)c2)cc1)S(=O)(=O)CC. The van der Waals surface area contributed by atoms with Crippen LogP contribution in [0.2, 0.25) is 0 Å². The maximum atomic E-state index is 13.2. The van der Waals surface area contributed by atoms with Crippen LogP contribution in [-0.4, -0.2) is 26.6 Å². The van der Waals surface area contributed by atoms with Crippen molar-refractivity contribution in [2.75, 3.05) is 21.9 Å². The lowest BCUT2D eigenvalue weighted by Crippen LogP contribution is -2.32. The number of amides is 1. The van der Waals surface area contributed by atoms with Crippen LogP contribution in [-0.2, 0) is 10.0 Å². The number of nitrogens with zero attached hydrogens (tertiary/aromatic N) is 1. The van der Waals surface area contributed by atoms with Crippen molar-refractivity contribution in [1.29, 1.82) is 0 Å². The van der Waals surface area contributed by atoms with E-state index in [1.807, 2.05) is 0 Å². The summed E-state index contributed by atoms with van der Waals surface area (Å²) in [6.45, 7) is 3.55. The number of hydrogen-bond acceptors (Lipinski definition) is 3. The van der Waals surface area contributed by atoms with Gasteiger partial charge in [0.1, 0.15) is 0 Å². The molecule has 0 bridgehead atoms. The van der Waals surface area contributed by atoms with Crippen LogP contribution < -0.4 is 9.62 Å². The molecule has 2 aromatic carbocycles. The lowest BCUT2D eigenvalue weighted by Gasteiger charge is -2.22. The summed E-state index contributed by atoms with van der Waals surface area (Å²) in [5.74, 6) is -2.60. The summed E-state index contributed by atoms with van der Waals surface area (Å²) in [7, 11) is -3.40. The summed E-state index contributed by atoms with van der Waals surface area (Å²) in [5, 5.41) is 2.45. The van der Waals surface area contributed by atoms with Crippen molar-refractivity contribution in [3.8, 4) is 0 Å². The van der Waals surface area contributed by atoms with Crippen molar-refractivity contribution in [3.05, 3.63) is 59.7 Å². The molecule has 0 aliphatic carbocycles. The molecule has 1 N–H and O–H groups in total. The molecule has 2 aromatic rings. The smallest absolute Gasteiger partial charge is 0.255 e. The predicted octanol–water partition coefficient (Wildman–Crippen LogP) is 3.39. The van der Waals surface area contributed by atoms with E-state index in [2.05, 4.69) is 5.32 Å². The zero-order valence-corrected chi connectivity index (χ0v) is 14.6. The molecule has 8 heteroatoms. The standard InChI is InChI=1S/C17H18F2N2O3S/c1-3-21(25(23,24)4-2)14-8-5-12(6-9-14)17(22)20-13-7-10-15(18)16(19)11-13/h5-11H,3-4H2,1-2H3,(H,20,22). The molecular weight excluding hydrogens is 350 g/mol. The van der Waals surface area contributed by atoms with Gasteiger partial charge in [-0.3, -0.25) is 9.10 Å². The minimum atomic E-state index is -3.40. The van der Waals surface area contributed by atoms with Gasteiger partial charge < -0.3 is 5.32 Å². The highest BCUT2D eigenvalue weighted by Gasteiger charge is 2.19. The minimum absolute atomic E-state index is 0.0286. The monoisotopic (exact) mass is 368 g/mol. The maximum Gasteiger partial charge on any atom is 0.255 e. The third-order valence-corrected chi connectivity index (χ3v) is 5.45. The summed E-state index contributed by atoms with van der Waals surface area (Å²) in [4.78, 5) is 12.2. The highest BCUT2D eigenvalue weighted by molar-refractivity contribution is 7.92. The van der Waals surface area contributed by atoms with E-state index in [0.29, 0.717) is 5.69 Å². The average Bonchev–Trinajstić information content (AvgIpc) is 2.59. The third-order valence-electron chi connectivity index (χ3n) is 3.58. The molecule has 134 valence electrons. The largest absolute Gasteiger partial charge is 0.322 e. The average molecular weight is 368 g/mol. The van der Waals surface area contributed by atoms with Crippen LogP contribution in [0.15, 0.2) is 42.5 Å². The van der Waals surface area contributed by atoms with E-state index >= 15 is 0 Å². The normalized spacial score (nSPS) is 11.2. The van der Waals surface area contributed by atoms with E-state index in [9.17, 15) is 22.0 Å². The molecule has 0 aromatic heterocycles. The second kappa shape index (κ2) is 7.60. The number of hydrogen-bond donors (Lipinski definition) is 1. The van der Waals surface area contributed by atoms with E-state index in [-0.39, 0.29) is 23.5 Å². The Labute approximate surface area is 145 Å². The molecule has 0 saturated carbocycles. The molecule has 0 radical (unpaired) electrons. The first-order chi connectivity index (χ1) is 11.8. The fourth-order valence-corrected chi connectivity index (χ4v) is 3.40. The summed E-state index contributed by atoms with van der Waals surface area (Å²) >= 11 is 0. The molecule has 0 aliphatic rings. The Morgan fingerprint density at radius 2 is 1.68 bits per heavy atom. The number of benzene rings is 2. The quantitative estimate of drug-likeness (QED) is 0.850. The number of nitrogens with one attached hydrogen (secondary N) is 1. The molecule has 0 unspecified atom stereocenters. The van der Waals surface area contributed by atoms with Crippen molar-refractivity contribution in [2.24, 2.45) is 0 Å². The van der Waals surface area contributed by atoms with Crippen molar-refractivity contribution >= 4 is 27.3 Å². The molecule has 0 aliphatic heterocycles. The Balaban J connectivity index is 2.18. The first-order valence-electron chi connectivity index (χ1n) is 7.65. The van der Waals surface area contributed by atoms with Gasteiger partial charge in [-0.05, 0) is 50.2 Å². The zero-order chi connectivity index (χ0) is 18.6. The first-order valence-corrected chi connectivity index (χ1v) is 9.26. The van der Waals surface area contributed by atoms with Crippen LogP contribution in [0, 0.1) is 11.6 Å². The Hall–Kier alpha value is -2.48. The molecular formula is C17H18F2N2O3S. The molecule has 5 nitrogen and oxygen atoms in total. The van der Waals surface area contributed by atoms with Gasteiger partial charge in [-0.2, -0.15) is 0 Å². The van der Waals surface area contributed by atoms with Gasteiger partial charge >= 0.3 is 0 Å². The molecule has 2 rings (SSSR count). The Kier molecular flexibility index (Phi) is 5.73. The molecule has 0 saturated heterocycles. The topological polar surface area (TPSA) is 66.5 Å². The molecule has 0 atom stereocenters. The number of rotatable bonds is 6. The van der Waals surface area contributed by atoms with Gasteiger partial charge in [0.15, 0.2) is 11.6 Å². The van der Waals surface area contributed by atoms with Gasteiger partial charge in [-0.25, -0.2) is 17.2 Å². The second-order valence-electron chi connectivity index (χ2n) is 5.20. The van der Waals surface area contributed by atoms with E-state index in [4.69, 9.17) is 0 Å².